The Labute approximate surface area is 179 Å². The van der Waals surface area contributed by atoms with Gasteiger partial charge >= 0.3 is 16.8 Å². The molecule has 0 spiro atoms. The number of methoxy groups -OCH3 is 2. The van der Waals surface area contributed by atoms with Gasteiger partial charge in [0.2, 0.25) is 0 Å². The van der Waals surface area contributed by atoms with Crippen LogP contribution in [0.4, 0.5) is 0 Å². The van der Waals surface area contributed by atoms with Crippen molar-refractivity contribution in [1.29, 1.82) is 0 Å². The van der Waals surface area contributed by atoms with Gasteiger partial charge < -0.3 is 34.3 Å². The molecule has 1 radical (unpaired) electrons. The van der Waals surface area contributed by atoms with Crippen molar-refractivity contribution < 1.29 is 51.1 Å². The predicted octanol–water partition coefficient (Wildman–Crippen LogP) is -2.37. The molecule has 0 amide bonds. The third-order valence-electron chi connectivity index (χ3n) is 3.37. The first-order valence-corrected chi connectivity index (χ1v) is 8.27. The Morgan fingerprint density at radius 2 is 0.800 bits per heavy atom. The van der Waals surface area contributed by atoms with Crippen LogP contribution < -0.4 is 44.9 Å². The van der Waals surface area contributed by atoms with Gasteiger partial charge in [-0.25, -0.2) is 0 Å². The Balaban J connectivity index is -0.000000346. The minimum absolute atomic E-state index is 0. The molecule has 25 heavy (non-hydrogen) atoms. The van der Waals surface area contributed by atoms with Crippen LogP contribution in [0.5, 0.6) is 11.5 Å². The van der Waals surface area contributed by atoms with E-state index >= 15 is 0 Å². The van der Waals surface area contributed by atoms with E-state index in [9.17, 15) is 0 Å². The van der Waals surface area contributed by atoms with Gasteiger partial charge in [-0.1, -0.05) is 0 Å². The van der Waals surface area contributed by atoms with E-state index in [1.165, 1.54) is 32.9 Å². The number of aryl methyl sites for hydroxylation is 4. The third-order valence-corrected chi connectivity index (χ3v) is 4.04. The second-order valence-electron chi connectivity index (χ2n) is 5.38. The molecule has 2 atom stereocenters. The molecule has 0 aliphatic heterocycles. The molecule has 2 nitrogen and oxygen atoms in total. The van der Waals surface area contributed by atoms with Crippen molar-refractivity contribution in [1.82, 2.24) is 0 Å². The monoisotopic (exact) mass is 465 g/mol. The molecule has 0 saturated heterocycles. The first kappa shape index (κ1) is 29.7. The van der Waals surface area contributed by atoms with Crippen molar-refractivity contribution >= 4 is 29.1 Å². The van der Waals surface area contributed by atoms with Gasteiger partial charge in [-0.3, -0.25) is 0 Å². The van der Waals surface area contributed by atoms with E-state index in [2.05, 4.69) is 70.4 Å². The molecular formula is C18H26Cl2CoO2P2. The van der Waals surface area contributed by atoms with Gasteiger partial charge in [-0.05, 0) is 84.8 Å². The van der Waals surface area contributed by atoms with Crippen LogP contribution in [0.1, 0.15) is 22.3 Å². The van der Waals surface area contributed by atoms with Crippen molar-refractivity contribution in [2.75, 3.05) is 14.2 Å². The molecule has 0 aliphatic carbocycles. The topological polar surface area (TPSA) is 18.5 Å². The second kappa shape index (κ2) is 14.1. The van der Waals surface area contributed by atoms with E-state index in [0.29, 0.717) is 0 Å². The summed E-state index contributed by atoms with van der Waals surface area (Å²) in [7, 11) is 8.78. The zero-order chi connectivity index (χ0) is 16.9. The summed E-state index contributed by atoms with van der Waals surface area (Å²) >= 11 is 0. The van der Waals surface area contributed by atoms with Crippen molar-refractivity contribution in [2.45, 2.75) is 27.7 Å². The fraction of sp³-hybridized carbons (Fsp3) is 0.333. The maximum Gasteiger partial charge on any atom is 2.00 e. The van der Waals surface area contributed by atoms with Crippen LogP contribution in [0.3, 0.4) is 0 Å². The third kappa shape index (κ3) is 8.95. The zero-order valence-electron chi connectivity index (χ0n) is 15.4. The van der Waals surface area contributed by atoms with Gasteiger partial charge in [-0.15, -0.1) is 18.5 Å². The fourth-order valence-electron chi connectivity index (χ4n) is 2.61. The van der Waals surface area contributed by atoms with Gasteiger partial charge in [0.1, 0.15) is 11.5 Å². The Bertz CT molecular complexity index is 564. The van der Waals surface area contributed by atoms with Crippen molar-refractivity contribution in [3.05, 3.63) is 46.5 Å². The molecule has 143 valence electrons. The number of ether oxygens (including phenoxy) is 2. The van der Waals surface area contributed by atoms with E-state index in [1.54, 1.807) is 14.2 Å². The maximum atomic E-state index is 5.22. The van der Waals surface area contributed by atoms with E-state index in [4.69, 9.17) is 9.47 Å². The molecule has 0 aromatic heterocycles. The van der Waals surface area contributed by atoms with Gasteiger partial charge in [0.05, 0.1) is 14.2 Å². The molecule has 7 heteroatoms. The molecule has 2 rings (SSSR count). The molecule has 0 fully saturated rings. The van der Waals surface area contributed by atoms with Gasteiger partial charge in [0, 0.05) is 0 Å². The van der Waals surface area contributed by atoms with E-state index in [-0.39, 0.29) is 41.6 Å². The van der Waals surface area contributed by atoms with Crippen LogP contribution in [0, 0.1) is 27.7 Å². The summed E-state index contributed by atoms with van der Waals surface area (Å²) in [6.45, 7) is 8.22. The Morgan fingerprint density at radius 1 is 0.600 bits per heavy atom. The van der Waals surface area contributed by atoms with E-state index in [1.807, 2.05) is 0 Å². The minimum atomic E-state index is 0. The SMILES string of the molecule is COc1c(C)cc(P)cc1C.COc1c(C)cc(P)cc1C.[Cl-].[Cl-].[Co+2]. The second-order valence-corrected chi connectivity index (χ2v) is 6.71. The van der Waals surface area contributed by atoms with Crippen molar-refractivity contribution in [3.8, 4) is 11.5 Å². The predicted molar refractivity (Wildman–Crippen MR) is 104 cm³/mol. The fourth-order valence-corrected chi connectivity index (χ4v) is 3.61. The van der Waals surface area contributed by atoms with Crippen LogP contribution >= 0.6 is 18.5 Å². The molecular weight excluding hydrogens is 440 g/mol. The molecule has 0 bridgehead atoms. The summed E-state index contributed by atoms with van der Waals surface area (Å²) in [5.41, 5.74) is 4.77. The Hall–Kier alpha value is -0.0135. The van der Waals surface area contributed by atoms with Crippen molar-refractivity contribution in [3.63, 3.8) is 0 Å². The molecule has 2 aromatic rings. The van der Waals surface area contributed by atoms with Crippen LogP contribution in [0.2, 0.25) is 0 Å². The Kier molecular flexibility index (Phi) is 16.8. The summed E-state index contributed by atoms with van der Waals surface area (Å²) in [6, 6.07) is 8.38. The number of benzene rings is 2. The summed E-state index contributed by atoms with van der Waals surface area (Å²) in [5, 5.41) is 2.42. The molecule has 0 heterocycles. The Morgan fingerprint density at radius 3 is 0.960 bits per heavy atom. The molecule has 0 aliphatic rings. The van der Waals surface area contributed by atoms with Crippen LogP contribution in [-0.4, -0.2) is 14.2 Å². The normalized spacial score (nSPS) is 8.64. The van der Waals surface area contributed by atoms with Crippen LogP contribution in [0.15, 0.2) is 24.3 Å². The first-order chi connectivity index (χ1) is 10.3. The van der Waals surface area contributed by atoms with Crippen molar-refractivity contribution in [2.24, 2.45) is 0 Å². The number of hydrogen-bond donors (Lipinski definition) is 0. The van der Waals surface area contributed by atoms with Gasteiger partial charge in [0.15, 0.2) is 0 Å². The molecule has 0 N–H and O–H groups in total. The molecule has 0 saturated carbocycles. The summed E-state index contributed by atoms with van der Waals surface area (Å²) in [4.78, 5) is 0. The maximum absolute atomic E-state index is 5.22. The quantitative estimate of drug-likeness (QED) is 0.462. The minimum Gasteiger partial charge on any atom is -1.00 e. The van der Waals surface area contributed by atoms with E-state index < -0.39 is 0 Å². The average Bonchev–Trinajstić information content (AvgIpc) is 2.38. The first-order valence-electron chi connectivity index (χ1n) is 7.11. The van der Waals surface area contributed by atoms with Crippen LogP contribution in [-0.2, 0) is 16.8 Å². The van der Waals surface area contributed by atoms with Crippen LogP contribution in [0.25, 0.3) is 0 Å². The van der Waals surface area contributed by atoms with E-state index in [0.717, 1.165) is 11.5 Å². The largest absolute Gasteiger partial charge is 2.00 e. The number of hydrogen-bond acceptors (Lipinski definition) is 2. The molecule has 2 aromatic carbocycles. The number of halogens is 2. The van der Waals surface area contributed by atoms with Gasteiger partial charge in [0.25, 0.3) is 0 Å². The summed E-state index contributed by atoms with van der Waals surface area (Å²) < 4.78 is 10.4. The average molecular weight is 466 g/mol. The van der Waals surface area contributed by atoms with Gasteiger partial charge in [-0.2, -0.15) is 0 Å². The smallest absolute Gasteiger partial charge is 1.00 e. The number of rotatable bonds is 2. The zero-order valence-corrected chi connectivity index (χ0v) is 20.2. The molecule has 2 unspecified atom stereocenters. The summed E-state index contributed by atoms with van der Waals surface area (Å²) in [6.07, 6.45) is 0. The standard InChI is InChI=1S/2C9H13OP.2ClH.Co/c2*1-6-4-8(11)5-7(2)9(6)10-3;;;/h2*4-5H,11H2,1-3H3;2*1H;/q;;;;+2/p-2. The summed E-state index contributed by atoms with van der Waals surface area (Å²) in [5.74, 6) is 1.99.